The first-order chi connectivity index (χ1) is 12.9. The molecule has 0 unspecified atom stereocenters. The molecule has 0 fully saturated rings. The highest BCUT2D eigenvalue weighted by Crippen LogP contribution is 2.36. The minimum Gasteiger partial charge on any atom is -0.497 e. The summed E-state index contributed by atoms with van der Waals surface area (Å²) in [6.07, 6.45) is 1.55. The van der Waals surface area contributed by atoms with E-state index in [0.29, 0.717) is 17.8 Å². The van der Waals surface area contributed by atoms with Gasteiger partial charge in [0, 0.05) is 31.4 Å². The Labute approximate surface area is 160 Å². The van der Waals surface area contributed by atoms with Crippen molar-refractivity contribution in [1.82, 2.24) is 10.3 Å². The fourth-order valence-corrected chi connectivity index (χ4v) is 3.15. The van der Waals surface area contributed by atoms with Gasteiger partial charge in [-0.05, 0) is 19.1 Å². The Balaban J connectivity index is 2.15. The van der Waals surface area contributed by atoms with Crippen molar-refractivity contribution in [3.63, 3.8) is 0 Å². The zero-order valence-corrected chi connectivity index (χ0v) is 15.8. The summed E-state index contributed by atoms with van der Waals surface area (Å²) < 4.78 is 20.3. The molecule has 0 radical (unpaired) electrons. The maximum atomic E-state index is 15.1. The van der Waals surface area contributed by atoms with Gasteiger partial charge in [0.05, 0.1) is 30.6 Å². The van der Waals surface area contributed by atoms with Gasteiger partial charge in [0.15, 0.2) is 5.82 Å². The van der Waals surface area contributed by atoms with Crippen LogP contribution in [0.25, 0.3) is 0 Å². The molecular weight excluding hydrogens is 375 g/mol. The van der Waals surface area contributed by atoms with E-state index in [4.69, 9.17) is 16.3 Å². The van der Waals surface area contributed by atoms with Gasteiger partial charge in [-0.2, -0.15) is 0 Å². The van der Waals surface area contributed by atoms with Gasteiger partial charge in [-0.15, -0.1) is 0 Å². The van der Waals surface area contributed by atoms with Crippen LogP contribution in [0.3, 0.4) is 0 Å². The highest BCUT2D eigenvalue weighted by molar-refractivity contribution is 6.29. The number of ether oxygens (including phenoxy) is 1. The lowest BCUT2D eigenvalue weighted by Gasteiger charge is -2.36. The molecule has 2 aromatic rings. The summed E-state index contributed by atoms with van der Waals surface area (Å²) >= 11 is 5.95. The second-order valence-electron chi connectivity index (χ2n) is 5.84. The number of anilines is 2. The minimum absolute atomic E-state index is 0.0444. The van der Waals surface area contributed by atoms with Crippen molar-refractivity contribution in [3.05, 3.63) is 46.5 Å². The standard InChI is InChI=1S/C18H18ClFN4O3/c1-4-23-13-7-15(19)22-8-10(13)9-24(18(23)26)14-6-11(27-3)5-12(16(14)20)17(25)21-2/h5-8H,4,9H2,1-3H3,(H,21,25). The molecule has 0 saturated carbocycles. The molecule has 1 aliphatic rings. The number of rotatable bonds is 4. The first-order valence-corrected chi connectivity index (χ1v) is 8.62. The van der Waals surface area contributed by atoms with Crippen LogP contribution in [0.1, 0.15) is 22.8 Å². The number of fused-ring (bicyclic) bond motifs is 1. The van der Waals surface area contributed by atoms with Crippen LogP contribution in [0.15, 0.2) is 24.4 Å². The van der Waals surface area contributed by atoms with Gasteiger partial charge in [0.25, 0.3) is 5.91 Å². The predicted octanol–water partition coefficient (Wildman–Crippen LogP) is 3.21. The number of carbonyl (C=O) groups excluding carboxylic acids is 2. The predicted molar refractivity (Wildman–Crippen MR) is 100 cm³/mol. The lowest BCUT2D eigenvalue weighted by Crippen LogP contribution is -2.47. The number of benzene rings is 1. The molecular formula is C18H18ClFN4O3. The summed E-state index contributed by atoms with van der Waals surface area (Å²) in [7, 11) is 2.81. The van der Waals surface area contributed by atoms with Crippen molar-refractivity contribution in [3.8, 4) is 5.75 Å². The Morgan fingerprint density at radius 1 is 1.37 bits per heavy atom. The second kappa shape index (κ2) is 7.40. The van der Waals surface area contributed by atoms with E-state index in [2.05, 4.69) is 10.3 Å². The number of urea groups is 1. The number of aromatic nitrogens is 1. The molecule has 0 aliphatic carbocycles. The van der Waals surface area contributed by atoms with E-state index in [9.17, 15) is 9.59 Å². The molecule has 9 heteroatoms. The zero-order chi connectivity index (χ0) is 19.7. The number of hydrogen-bond acceptors (Lipinski definition) is 4. The highest BCUT2D eigenvalue weighted by atomic mass is 35.5. The largest absolute Gasteiger partial charge is 0.497 e. The summed E-state index contributed by atoms with van der Waals surface area (Å²) in [6.45, 7) is 2.25. The Kier molecular flexibility index (Phi) is 5.18. The lowest BCUT2D eigenvalue weighted by molar-refractivity contribution is 0.0958. The van der Waals surface area contributed by atoms with E-state index in [1.165, 1.54) is 36.1 Å². The molecule has 3 amide bonds. The molecule has 1 aliphatic heterocycles. The molecule has 142 valence electrons. The van der Waals surface area contributed by atoms with Crippen molar-refractivity contribution < 1.29 is 18.7 Å². The summed E-state index contributed by atoms with van der Waals surface area (Å²) in [6, 6.07) is 3.86. The van der Waals surface area contributed by atoms with Crippen LogP contribution in [0.4, 0.5) is 20.6 Å². The van der Waals surface area contributed by atoms with E-state index in [1.807, 2.05) is 0 Å². The molecule has 2 heterocycles. The SMILES string of the molecule is CCN1C(=O)N(c2cc(OC)cc(C(=O)NC)c2F)Cc2cnc(Cl)cc21. The molecule has 7 nitrogen and oxygen atoms in total. The minimum atomic E-state index is -0.801. The smallest absolute Gasteiger partial charge is 0.329 e. The summed E-state index contributed by atoms with van der Waals surface area (Å²) in [5, 5.41) is 2.65. The zero-order valence-electron chi connectivity index (χ0n) is 15.0. The van der Waals surface area contributed by atoms with Crippen molar-refractivity contribution in [2.45, 2.75) is 13.5 Å². The monoisotopic (exact) mass is 392 g/mol. The number of pyridine rings is 1. The van der Waals surface area contributed by atoms with Gasteiger partial charge in [-0.3, -0.25) is 14.6 Å². The van der Waals surface area contributed by atoms with Crippen LogP contribution in [0.2, 0.25) is 5.15 Å². The topological polar surface area (TPSA) is 74.8 Å². The number of hydrogen-bond donors (Lipinski definition) is 1. The van der Waals surface area contributed by atoms with Crippen molar-refractivity contribution in [2.24, 2.45) is 0 Å². The first kappa shape index (κ1) is 18.9. The number of nitrogens with one attached hydrogen (secondary N) is 1. The Morgan fingerprint density at radius 3 is 2.74 bits per heavy atom. The average molecular weight is 393 g/mol. The molecule has 0 bridgehead atoms. The van der Waals surface area contributed by atoms with Crippen LogP contribution in [0.5, 0.6) is 5.75 Å². The van der Waals surface area contributed by atoms with E-state index in [1.54, 1.807) is 19.2 Å². The van der Waals surface area contributed by atoms with Crippen LogP contribution >= 0.6 is 11.6 Å². The van der Waals surface area contributed by atoms with Crippen molar-refractivity contribution in [2.75, 3.05) is 30.5 Å². The maximum Gasteiger partial charge on any atom is 0.329 e. The third kappa shape index (κ3) is 3.28. The van der Waals surface area contributed by atoms with Crippen LogP contribution in [0, 0.1) is 5.82 Å². The van der Waals surface area contributed by atoms with Gasteiger partial charge in [-0.1, -0.05) is 11.6 Å². The molecule has 1 N–H and O–H groups in total. The summed E-state index contributed by atoms with van der Waals surface area (Å²) in [5.74, 6) is -1.15. The quantitative estimate of drug-likeness (QED) is 0.811. The molecule has 1 aromatic carbocycles. The maximum absolute atomic E-state index is 15.1. The van der Waals surface area contributed by atoms with Gasteiger partial charge in [0.2, 0.25) is 0 Å². The molecule has 0 saturated heterocycles. The molecule has 27 heavy (non-hydrogen) atoms. The van der Waals surface area contributed by atoms with Gasteiger partial charge in [0.1, 0.15) is 10.9 Å². The van der Waals surface area contributed by atoms with E-state index >= 15 is 4.39 Å². The number of amides is 3. The molecule has 0 spiro atoms. The van der Waals surface area contributed by atoms with Crippen molar-refractivity contribution in [1.29, 1.82) is 0 Å². The van der Waals surface area contributed by atoms with E-state index in [-0.39, 0.29) is 28.7 Å². The third-order valence-electron chi connectivity index (χ3n) is 4.35. The number of halogens is 2. The lowest BCUT2D eigenvalue weighted by atomic mass is 10.1. The Hall–Kier alpha value is -2.87. The van der Waals surface area contributed by atoms with Gasteiger partial charge in [-0.25, -0.2) is 14.2 Å². The van der Waals surface area contributed by atoms with Crippen molar-refractivity contribution >= 4 is 34.9 Å². The Morgan fingerprint density at radius 2 is 2.11 bits per heavy atom. The van der Waals surface area contributed by atoms with Gasteiger partial charge < -0.3 is 10.1 Å². The number of methoxy groups -OCH3 is 1. The number of carbonyl (C=O) groups is 2. The summed E-state index contributed by atoms with van der Waals surface area (Å²) in [5.41, 5.74) is 1.10. The van der Waals surface area contributed by atoms with Crippen LogP contribution in [-0.2, 0) is 6.54 Å². The Bertz CT molecular complexity index is 922. The normalized spacial score (nSPS) is 13.4. The number of nitrogens with zero attached hydrogens (tertiary/aromatic N) is 3. The molecule has 0 atom stereocenters. The third-order valence-corrected chi connectivity index (χ3v) is 4.56. The molecule has 3 rings (SSSR count). The first-order valence-electron chi connectivity index (χ1n) is 8.24. The second-order valence-corrected chi connectivity index (χ2v) is 6.22. The van der Waals surface area contributed by atoms with E-state index in [0.717, 1.165) is 0 Å². The average Bonchev–Trinajstić information content (AvgIpc) is 2.67. The fourth-order valence-electron chi connectivity index (χ4n) is 3.00. The van der Waals surface area contributed by atoms with Gasteiger partial charge >= 0.3 is 6.03 Å². The van der Waals surface area contributed by atoms with Crippen LogP contribution in [-0.4, -0.2) is 37.6 Å². The fraction of sp³-hybridized carbons (Fsp3) is 0.278. The van der Waals surface area contributed by atoms with Crippen LogP contribution < -0.4 is 19.9 Å². The van der Waals surface area contributed by atoms with E-state index < -0.39 is 17.8 Å². The molecule has 1 aromatic heterocycles. The summed E-state index contributed by atoms with van der Waals surface area (Å²) in [4.78, 5) is 31.8. The highest BCUT2D eigenvalue weighted by Gasteiger charge is 2.33.